The lowest BCUT2D eigenvalue weighted by molar-refractivity contribution is -0.149. The van der Waals surface area contributed by atoms with Gasteiger partial charge >= 0.3 is 0 Å². The Morgan fingerprint density at radius 1 is 1.23 bits per heavy atom. The third-order valence-corrected chi connectivity index (χ3v) is 8.81. The Balaban J connectivity index is 2.24. The molecule has 2 aliphatic heterocycles. The second-order valence-corrected chi connectivity index (χ2v) is 12.5. The lowest BCUT2D eigenvalue weighted by Gasteiger charge is -2.44. The average Bonchev–Trinajstić information content (AvgIpc) is 3.22. The fourth-order valence-electron chi connectivity index (χ4n) is 5.62. The molecule has 222 valence electrons. The topological polar surface area (TPSA) is 149 Å². The van der Waals surface area contributed by atoms with Crippen LogP contribution in [-0.4, -0.2) is 76.5 Å². The Hall–Kier alpha value is -2.76. The van der Waals surface area contributed by atoms with E-state index in [1.165, 1.54) is 11.8 Å². The quantitative estimate of drug-likeness (QED) is 0.185. The van der Waals surface area contributed by atoms with Gasteiger partial charge in [-0.3, -0.25) is 19.2 Å². The Morgan fingerprint density at radius 3 is 2.55 bits per heavy atom. The third-order valence-electron chi connectivity index (χ3n) is 7.95. The highest BCUT2D eigenvalue weighted by atomic mass is 31.0. The predicted octanol–water partition coefficient (Wildman–Crippen LogP) is 2.50. The van der Waals surface area contributed by atoms with Crippen LogP contribution in [0.3, 0.4) is 0 Å². The first-order valence-electron chi connectivity index (χ1n) is 14.2. The van der Waals surface area contributed by atoms with Crippen molar-refractivity contribution in [3.05, 3.63) is 23.3 Å². The minimum atomic E-state index is -0.823. The van der Waals surface area contributed by atoms with Gasteiger partial charge < -0.3 is 26.2 Å². The third kappa shape index (κ3) is 9.42. The number of rotatable bonds is 12. The van der Waals surface area contributed by atoms with Crippen LogP contribution in [0.5, 0.6) is 0 Å². The highest BCUT2D eigenvalue weighted by Gasteiger charge is 2.49. The van der Waals surface area contributed by atoms with E-state index in [0.29, 0.717) is 31.4 Å². The van der Waals surface area contributed by atoms with Gasteiger partial charge in [-0.25, -0.2) is 0 Å². The van der Waals surface area contributed by atoms with Crippen LogP contribution in [0.2, 0.25) is 0 Å². The molecule has 0 radical (unpaired) electrons. The molecule has 10 nitrogen and oxygen atoms in total. The molecule has 40 heavy (non-hydrogen) atoms. The Morgan fingerprint density at radius 2 is 1.93 bits per heavy atom. The first-order chi connectivity index (χ1) is 18.8. The molecule has 2 fully saturated rings. The summed E-state index contributed by atoms with van der Waals surface area (Å²) in [4.78, 5) is 54.6. The summed E-state index contributed by atoms with van der Waals surface area (Å²) in [5, 5.41) is 14.9. The van der Waals surface area contributed by atoms with Crippen molar-refractivity contribution < 1.29 is 19.2 Å². The summed E-state index contributed by atoms with van der Waals surface area (Å²) in [6, 6.07) is 0.651. The van der Waals surface area contributed by atoms with Gasteiger partial charge in [-0.15, -0.1) is 9.24 Å². The zero-order valence-electron chi connectivity index (χ0n) is 24.7. The van der Waals surface area contributed by atoms with E-state index in [0.717, 1.165) is 37.7 Å². The molecule has 0 spiro atoms. The summed E-state index contributed by atoms with van der Waals surface area (Å²) in [5.74, 6) is -1.04. The largest absolute Gasteiger partial charge is 0.370 e. The van der Waals surface area contributed by atoms with Gasteiger partial charge in [-0.05, 0) is 65.4 Å². The highest BCUT2D eigenvalue weighted by Crippen LogP contribution is 2.45. The van der Waals surface area contributed by atoms with E-state index in [1.807, 2.05) is 18.7 Å². The van der Waals surface area contributed by atoms with Crippen molar-refractivity contribution in [3.8, 4) is 6.07 Å². The molecule has 0 aliphatic carbocycles. The van der Waals surface area contributed by atoms with Crippen LogP contribution in [0.1, 0.15) is 85.5 Å². The second kappa shape index (κ2) is 15.3. The number of primary amides is 1. The Labute approximate surface area is 241 Å². The van der Waals surface area contributed by atoms with Crippen molar-refractivity contribution in [3.63, 3.8) is 0 Å². The van der Waals surface area contributed by atoms with Gasteiger partial charge in [0, 0.05) is 44.6 Å². The molecule has 6 unspecified atom stereocenters. The van der Waals surface area contributed by atoms with E-state index < -0.39 is 12.1 Å². The minimum absolute atomic E-state index is 0.0309. The van der Waals surface area contributed by atoms with Crippen molar-refractivity contribution in [2.24, 2.45) is 5.73 Å². The lowest BCUT2D eigenvalue weighted by atomic mass is 9.96. The van der Waals surface area contributed by atoms with Crippen molar-refractivity contribution in [2.45, 2.75) is 115 Å². The maximum Gasteiger partial charge on any atom is 0.246 e. The number of nitrogens with one attached hydrogen (secondary N) is 2. The van der Waals surface area contributed by atoms with Crippen LogP contribution in [0.15, 0.2) is 23.3 Å². The molecular formula is C29H47N6O4P. The van der Waals surface area contributed by atoms with E-state index in [1.54, 1.807) is 26.1 Å². The molecular weight excluding hydrogens is 527 g/mol. The molecule has 11 heteroatoms. The molecule has 2 aliphatic rings. The van der Waals surface area contributed by atoms with E-state index in [-0.39, 0.29) is 47.4 Å². The van der Waals surface area contributed by atoms with Gasteiger partial charge in [-0.1, -0.05) is 24.5 Å². The molecule has 4 amide bonds. The number of carbonyl (C=O) groups excluding carboxylic acids is 4. The number of carbonyl (C=O) groups is 4. The molecule has 2 saturated heterocycles. The predicted molar refractivity (Wildman–Crippen MR) is 159 cm³/mol. The van der Waals surface area contributed by atoms with E-state index in [2.05, 4.69) is 25.9 Å². The molecule has 4 N–H and O–H groups in total. The molecule has 0 aromatic rings. The SMILES string of the molecule is CC(=O)NC(CC(C)=CC=C(C)C#N)C(=O)N(C)C1CCCCC2(P)CCC(CNC(C)CCC(N)=O)N2C1=O. The van der Waals surface area contributed by atoms with Gasteiger partial charge in [0.2, 0.25) is 23.6 Å². The molecule has 0 aromatic carbocycles. The summed E-state index contributed by atoms with van der Waals surface area (Å²) in [7, 11) is 4.58. The number of fused-ring (bicyclic) bond motifs is 1. The van der Waals surface area contributed by atoms with Crippen molar-refractivity contribution in [1.29, 1.82) is 5.26 Å². The zero-order chi connectivity index (χ0) is 30.0. The van der Waals surface area contributed by atoms with Gasteiger partial charge in [-0.2, -0.15) is 5.26 Å². The molecule has 0 bridgehead atoms. The van der Waals surface area contributed by atoms with Crippen LogP contribution < -0.4 is 16.4 Å². The van der Waals surface area contributed by atoms with Crippen molar-refractivity contribution >= 4 is 32.9 Å². The zero-order valence-corrected chi connectivity index (χ0v) is 25.8. The number of nitrogens with zero attached hydrogens (tertiary/aromatic N) is 3. The van der Waals surface area contributed by atoms with Crippen LogP contribution in [-0.2, 0) is 19.2 Å². The summed E-state index contributed by atoms with van der Waals surface area (Å²) in [5.41, 5.74) is 6.67. The molecule has 2 rings (SSSR count). The van der Waals surface area contributed by atoms with Crippen molar-refractivity contribution in [2.75, 3.05) is 13.6 Å². The number of allylic oxidation sites excluding steroid dienone is 3. The molecule has 0 saturated carbocycles. The van der Waals surface area contributed by atoms with Crippen molar-refractivity contribution in [1.82, 2.24) is 20.4 Å². The number of nitriles is 1. The number of likely N-dealkylation sites (N-methyl/N-ethyl adjacent to an activating group) is 1. The molecule has 6 atom stereocenters. The van der Waals surface area contributed by atoms with Crippen LogP contribution in [0, 0.1) is 11.3 Å². The fourth-order valence-corrected chi connectivity index (χ4v) is 6.33. The standard InChI is InChI=1S/C29H47N6O4P/c1-19(9-10-20(2)17-30)16-24(33-22(4)36)27(38)34(5)25-8-6-7-14-29(40)15-13-23(35(29)28(25)39)18-32-21(3)11-12-26(31)37/h9-10,21,23-25,32H,6-8,11-16,18,40H2,1-5H3,(H2,31,37)(H,33,36). The number of nitrogens with two attached hydrogens (primary N) is 1. The average molecular weight is 575 g/mol. The Bertz CT molecular complexity index is 1050. The summed E-state index contributed by atoms with van der Waals surface area (Å²) in [6.07, 6.45) is 9.59. The normalized spacial score (nSPS) is 25.2. The Kier molecular flexibility index (Phi) is 12.8. The maximum atomic E-state index is 14.2. The monoisotopic (exact) mass is 574 g/mol. The van der Waals surface area contributed by atoms with Crippen LogP contribution in [0.4, 0.5) is 0 Å². The van der Waals surface area contributed by atoms with Crippen LogP contribution >= 0.6 is 9.24 Å². The van der Waals surface area contributed by atoms with Gasteiger partial charge in [0.1, 0.15) is 12.1 Å². The number of amides is 4. The highest BCUT2D eigenvalue weighted by molar-refractivity contribution is 7.19. The molecule has 0 aromatic heterocycles. The molecule has 2 heterocycles. The smallest absolute Gasteiger partial charge is 0.246 e. The second-order valence-electron chi connectivity index (χ2n) is 11.5. The number of hydrogen-bond donors (Lipinski definition) is 3. The minimum Gasteiger partial charge on any atom is -0.370 e. The van der Waals surface area contributed by atoms with Gasteiger partial charge in [0.05, 0.1) is 11.3 Å². The van der Waals surface area contributed by atoms with Crippen LogP contribution in [0.25, 0.3) is 0 Å². The fraction of sp³-hybridized carbons (Fsp3) is 0.690. The maximum absolute atomic E-state index is 14.2. The number of hydrogen-bond acceptors (Lipinski definition) is 6. The van der Waals surface area contributed by atoms with E-state index in [9.17, 15) is 19.2 Å². The lowest BCUT2D eigenvalue weighted by Crippen LogP contribution is -2.60. The summed E-state index contributed by atoms with van der Waals surface area (Å²) >= 11 is 0. The first-order valence-corrected chi connectivity index (χ1v) is 14.8. The summed E-state index contributed by atoms with van der Waals surface area (Å²) < 4.78 is 0. The van der Waals surface area contributed by atoms with E-state index >= 15 is 0 Å². The van der Waals surface area contributed by atoms with Gasteiger partial charge in [0.25, 0.3) is 0 Å². The van der Waals surface area contributed by atoms with E-state index in [4.69, 9.17) is 11.0 Å². The summed E-state index contributed by atoms with van der Waals surface area (Å²) in [6.45, 7) is 7.52. The van der Waals surface area contributed by atoms with Gasteiger partial charge in [0.15, 0.2) is 0 Å². The first kappa shape index (κ1) is 33.4.